The van der Waals surface area contributed by atoms with Crippen molar-refractivity contribution >= 4 is 11.8 Å². The molecule has 0 spiro atoms. The van der Waals surface area contributed by atoms with E-state index in [9.17, 15) is 4.79 Å². The Labute approximate surface area is 142 Å². The Morgan fingerprint density at radius 3 is 2.67 bits per heavy atom. The number of carbonyl (C=O) groups excluding carboxylic acids is 1. The maximum atomic E-state index is 11.7. The van der Waals surface area contributed by atoms with Gasteiger partial charge < -0.3 is 9.14 Å². The highest BCUT2D eigenvalue weighted by atomic mass is 16.5. The van der Waals surface area contributed by atoms with Crippen LogP contribution in [-0.4, -0.2) is 17.8 Å². The average molecular weight is 321 g/mol. The predicted octanol–water partition coefficient (Wildman–Crippen LogP) is 5.25. The molecule has 1 unspecified atom stereocenters. The van der Waals surface area contributed by atoms with Crippen LogP contribution in [0.15, 0.2) is 42.6 Å². The van der Waals surface area contributed by atoms with Crippen molar-refractivity contribution in [2.45, 2.75) is 33.1 Å². The van der Waals surface area contributed by atoms with Crippen molar-refractivity contribution in [3.63, 3.8) is 0 Å². The Balaban J connectivity index is 2.22. The minimum absolute atomic E-state index is 0.402. The fourth-order valence-electron chi connectivity index (χ4n) is 3.17. The number of aryl methyl sites for hydroxylation is 1. The molecule has 0 N–H and O–H groups in total. The summed E-state index contributed by atoms with van der Waals surface area (Å²) >= 11 is 0. The molecule has 0 bridgehead atoms. The van der Waals surface area contributed by atoms with Gasteiger partial charge in [-0.3, -0.25) is 4.79 Å². The minimum atomic E-state index is 0.402. The normalized spacial score (nSPS) is 12.3. The molecule has 24 heavy (non-hydrogen) atoms. The van der Waals surface area contributed by atoms with E-state index in [-0.39, 0.29) is 0 Å². The van der Waals surface area contributed by atoms with Gasteiger partial charge in [0.15, 0.2) is 6.29 Å². The molecule has 2 aromatic heterocycles. The van der Waals surface area contributed by atoms with Crippen LogP contribution in [0.4, 0.5) is 0 Å². The molecule has 124 valence electrons. The average Bonchev–Trinajstić information content (AvgIpc) is 2.97. The summed E-state index contributed by atoms with van der Waals surface area (Å²) in [6.45, 7) is 6.42. The molecule has 0 fully saturated rings. The standard InChI is InChI=1S/C21H23NO2/c1-5-15(3)18-11-16(6-7-21(18)24-4)19-12-17-10-14(2)8-9-22(17)20(19)13-23/h6-13,15H,5H2,1-4H3. The van der Waals surface area contributed by atoms with Gasteiger partial charge in [0.05, 0.1) is 12.8 Å². The van der Waals surface area contributed by atoms with Gasteiger partial charge in [-0.15, -0.1) is 0 Å². The maximum absolute atomic E-state index is 11.7. The van der Waals surface area contributed by atoms with Crippen molar-refractivity contribution in [2.75, 3.05) is 7.11 Å². The molecule has 3 aromatic rings. The summed E-state index contributed by atoms with van der Waals surface area (Å²) in [5.74, 6) is 1.30. The van der Waals surface area contributed by atoms with Crippen molar-refractivity contribution in [3.05, 3.63) is 59.4 Å². The zero-order chi connectivity index (χ0) is 17.3. The highest BCUT2D eigenvalue weighted by Crippen LogP contribution is 2.35. The van der Waals surface area contributed by atoms with Crippen molar-refractivity contribution in [1.82, 2.24) is 4.40 Å². The number of benzene rings is 1. The molecule has 0 aliphatic carbocycles. The first-order valence-electron chi connectivity index (χ1n) is 8.34. The van der Waals surface area contributed by atoms with Crippen LogP contribution in [0.25, 0.3) is 16.6 Å². The Kier molecular flexibility index (Phi) is 4.43. The van der Waals surface area contributed by atoms with E-state index in [1.807, 2.05) is 28.8 Å². The summed E-state index contributed by atoms with van der Waals surface area (Å²) in [5.41, 5.74) is 6.09. The lowest BCUT2D eigenvalue weighted by molar-refractivity contribution is 0.111. The first-order chi connectivity index (χ1) is 11.6. The molecule has 3 nitrogen and oxygen atoms in total. The molecule has 1 atom stereocenters. The summed E-state index contributed by atoms with van der Waals surface area (Å²) in [4.78, 5) is 11.7. The highest BCUT2D eigenvalue weighted by Gasteiger charge is 2.16. The summed E-state index contributed by atoms with van der Waals surface area (Å²) < 4.78 is 7.46. The first kappa shape index (κ1) is 16.3. The van der Waals surface area contributed by atoms with Gasteiger partial charge in [0.25, 0.3) is 0 Å². The second-order valence-corrected chi connectivity index (χ2v) is 6.33. The smallest absolute Gasteiger partial charge is 0.167 e. The molecule has 3 rings (SSSR count). The Morgan fingerprint density at radius 2 is 2.00 bits per heavy atom. The molecule has 3 heteroatoms. The minimum Gasteiger partial charge on any atom is -0.496 e. The van der Waals surface area contributed by atoms with E-state index in [2.05, 4.69) is 39.0 Å². The Morgan fingerprint density at radius 1 is 1.21 bits per heavy atom. The fraction of sp³-hybridized carbons (Fsp3) is 0.286. The van der Waals surface area contributed by atoms with Crippen LogP contribution < -0.4 is 4.74 Å². The Hall–Kier alpha value is -2.55. The Bertz CT molecular complexity index is 892. The summed E-state index contributed by atoms with van der Waals surface area (Å²) in [6.07, 6.45) is 3.93. The predicted molar refractivity (Wildman–Crippen MR) is 98.2 cm³/mol. The number of aromatic nitrogens is 1. The summed E-state index contributed by atoms with van der Waals surface area (Å²) in [7, 11) is 1.70. The van der Waals surface area contributed by atoms with Crippen LogP contribution in [0.5, 0.6) is 5.75 Å². The van der Waals surface area contributed by atoms with Crippen molar-refractivity contribution in [2.24, 2.45) is 0 Å². The fourth-order valence-corrected chi connectivity index (χ4v) is 3.17. The second-order valence-electron chi connectivity index (χ2n) is 6.33. The number of aldehydes is 1. The number of hydrogen-bond acceptors (Lipinski definition) is 2. The quantitative estimate of drug-likeness (QED) is 0.601. The summed E-state index contributed by atoms with van der Waals surface area (Å²) in [5, 5.41) is 0. The number of carbonyl (C=O) groups is 1. The molecule has 1 aromatic carbocycles. The second kappa shape index (κ2) is 6.52. The van der Waals surface area contributed by atoms with Gasteiger partial charge in [-0.25, -0.2) is 0 Å². The molecular weight excluding hydrogens is 298 g/mol. The number of nitrogens with zero attached hydrogens (tertiary/aromatic N) is 1. The molecule has 0 saturated carbocycles. The van der Waals surface area contributed by atoms with Gasteiger partial charge in [-0.05, 0) is 66.3 Å². The molecule has 0 aliphatic heterocycles. The van der Waals surface area contributed by atoms with Gasteiger partial charge in [0.1, 0.15) is 5.75 Å². The molecule has 2 heterocycles. The third-order valence-electron chi connectivity index (χ3n) is 4.76. The van der Waals surface area contributed by atoms with Crippen LogP contribution in [0.1, 0.15) is 47.8 Å². The van der Waals surface area contributed by atoms with Gasteiger partial charge in [-0.1, -0.05) is 19.9 Å². The number of ether oxygens (including phenoxy) is 1. The largest absolute Gasteiger partial charge is 0.496 e. The van der Waals surface area contributed by atoms with E-state index >= 15 is 0 Å². The number of methoxy groups -OCH3 is 1. The number of rotatable bonds is 5. The van der Waals surface area contributed by atoms with Crippen molar-refractivity contribution < 1.29 is 9.53 Å². The third kappa shape index (κ3) is 2.71. The van der Waals surface area contributed by atoms with E-state index in [1.165, 1.54) is 11.1 Å². The van der Waals surface area contributed by atoms with E-state index in [4.69, 9.17) is 4.74 Å². The lowest BCUT2D eigenvalue weighted by Crippen LogP contribution is -1.98. The lowest BCUT2D eigenvalue weighted by Gasteiger charge is -2.15. The monoisotopic (exact) mass is 321 g/mol. The van der Waals surface area contributed by atoms with Gasteiger partial charge >= 0.3 is 0 Å². The molecule has 0 radical (unpaired) electrons. The third-order valence-corrected chi connectivity index (χ3v) is 4.76. The highest BCUT2D eigenvalue weighted by molar-refractivity contribution is 5.90. The molecule has 0 aliphatic rings. The maximum Gasteiger partial charge on any atom is 0.167 e. The number of hydrogen-bond donors (Lipinski definition) is 0. The van der Waals surface area contributed by atoms with Crippen molar-refractivity contribution in [1.29, 1.82) is 0 Å². The van der Waals surface area contributed by atoms with Gasteiger partial charge in [-0.2, -0.15) is 0 Å². The van der Waals surface area contributed by atoms with E-state index in [0.717, 1.165) is 35.1 Å². The van der Waals surface area contributed by atoms with Crippen LogP contribution in [-0.2, 0) is 0 Å². The van der Waals surface area contributed by atoms with Crippen LogP contribution >= 0.6 is 0 Å². The van der Waals surface area contributed by atoms with Crippen LogP contribution in [0.2, 0.25) is 0 Å². The van der Waals surface area contributed by atoms with Crippen LogP contribution in [0.3, 0.4) is 0 Å². The number of pyridine rings is 1. The van der Waals surface area contributed by atoms with Crippen molar-refractivity contribution in [3.8, 4) is 16.9 Å². The topological polar surface area (TPSA) is 30.7 Å². The lowest BCUT2D eigenvalue weighted by atomic mass is 9.93. The van der Waals surface area contributed by atoms with E-state index in [1.54, 1.807) is 7.11 Å². The van der Waals surface area contributed by atoms with E-state index < -0.39 is 0 Å². The van der Waals surface area contributed by atoms with E-state index in [0.29, 0.717) is 11.6 Å². The SMILES string of the molecule is CCC(C)c1cc(-c2cc3cc(C)ccn3c2C=O)ccc1OC. The van der Waals surface area contributed by atoms with Gasteiger partial charge in [0, 0.05) is 17.3 Å². The zero-order valence-corrected chi connectivity index (χ0v) is 14.7. The number of fused-ring (bicyclic) bond motifs is 1. The summed E-state index contributed by atoms with van der Waals surface area (Å²) in [6, 6.07) is 12.4. The van der Waals surface area contributed by atoms with Crippen LogP contribution in [0, 0.1) is 6.92 Å². The van der Waals surface area contributed by atoms with Gasteiger partial charge in [0.2, 0.25) is 0 Å². The molecule has 0 amide bonds. The molecule has 0 saturated heterocycles. The molecular formula is C21H23NO2. The zero-order valence-electron chi connectivity index (χ0n) is 14.7. The first-order valence-corrected chi connectivity index (χ1v) is 8.34.